The van der Waals surface area contributed by atoms with E-state index in [9.17, 15) is 9.59 Å². The zero-order valence-electron chi connectivity index (χ0n) is 18.7. The molecule has 0 radical (unpaired) electrons. The van der Waals surface area contributed by atoms with Gasteiger partial charge in [-0.3, -0.25) is 14.5 Å². The van der Waals surface area contributed by atoms with E-state index in [1.807, 2.05) is 60.4 Å². The summed E-state index contributed by atoms with van der Waals surface area (Å²) in [6.45, 7) is 7.37. The van der Waals surface area contributed by atoms with Crippen molar-refractivity contribution in [2.75, 3.05) is 39.3 Å². The van der Waals surface area contributed by atoms with Crippen molar-refractivity contribution >= 4 is 11.8 Å². The van der Waals surface area contributed by atoms with Gasteiger partial charge in [-0.15, -0.1) is 0 Å². The number of hydrogen-bond donors (Lipinski definition) is 0. The summed E-state index contributed by atoms with van der Waals surface area (Å²) in [5, 5.41) is 0. The van der Waals surface area contributed by atoms with Gasteiger partial charge in [-0.1, -0.05) is 17.7 Å². The fourth-order valence-corrected chi connectivity index (χ4v) is 4.65. The molecule has 0 aliphatic carbocycles. The molecular formula is C24H33N5O2. The molecule has 4 rings (SSSR count). The van der Waals surface area contributed by atoms with Crippen LogP contribution >= 0.6 is 0 Å². The Kier molecular flexibility index (Phi) is 6.70. The van der Waals surface area contributed by atoms with Crippen LogP contribution in [0.1, 0.15) is 41.0 Å². The van der Waals surface area contributed by atoms with Crippen molar-refractivity contribution in [3.8, 4) is 0 Å². The molecule has 0 spiro atoms. The molecule has 1 aromatic carbocycles. The Morgan fingerprint density at radius 2 is 1.77 bits per heavy atom. The SMILES string of the molecule is Cc1cccc(C(=O)N2CCCN(C(=O)C3CCN(Cc4nccn4C)CC3)CC2)c1. The summed E-state index contributed by atoms with van der Waals surface area (Å²) >= 11 is 0. The zero-order valence-corrected chi connectivity index (χ0v) is 18.7. The number of aryl methyl sites for hydroxylation is 2. The van der Waals surface area contributed by atoms with Gasteiger partial charge < -0.3 is 14.4 Å². The highest BCUT2D eigenvalue weighted by molar-refractivity contribution is 5.94. The topological polar surface area (TPSA) is 61.7 Å². The van der Waals surface area contributed by atoms with Crippen LogP contribution in [0.3, 0.4) is 0 Å². The predicted octanol–water partition coefficient (Wildman–Crippen LogP) is 2.32. The lowest BCUT2D eigenvalue weighted by molar-refractivity contribution is -0.137. The number of piperidine rings is 1. The van der Waals surface area contributed by atoms with Crippen molar-refractivity contribution in [1.82, 2.24) is 24.3 Å². The third kappa shape index (κ3) is 5.15. The largest absolute Gasteiger partial charge is 0.341 e. The van der Waals surface area contributed by atoms with Crippen LogP contribution in [-0.4, -0.2) is 75.3 Å². The van der Waals surface area contributed by atoms with E-state index in [1.54, 1.807) is 0 Å². The molecule has 2 aliphatic heterocycles. The highest BCUT2D eigenvalue weighted by atomic mass is 16.2. The van der Waals surface area contributed by atoms with Crippen LogP contribution in [-0.2, 0) is 18.4 Å². The molecule has 2 aliphatic rings. The molecule has 2 amide bonds. The van der Waals surface area contributed by atoms with E-state index in [0.717, 1.165) is 62.4 Å². The first kappa shape index (κ1) is 21.6. The van der Waals surface area contributed by atoms with Crippen LogP contribution in [0.25, 0.3) is 0 Å². The van der Waals surface area contributed by atoms with Crippen molar-refractivity contribution in [2.24, 2.45) is 13.0 Å². The molecule has 2 aromatic rings. The molecule has 0 unspecified atom stereocenters. The molecule has 0 N–H and O–H groups in total. The van der Waals surface area contributed by atoms with E-state index >= 15 is 0 Å². The first-order valence-electron chi connectivity index (χ1n) is 11.3. The molecule has 3 heterocycles. The van der Waals surface area contributed by atoms with Crippen molar-refractivity contribution in [3.63, 3.8) is 0 Å². The normalized spacial score (nSPS) is 18.8. The Morgan fingerprint density at radius 1 is 1.03 bits per heavy atom. The Balaban J connectivity index is 1.28. The van der Waals surface area contributed by atoms with Gasteiger partial charge in [0, 0.05) is 57.1 Å². The summed E-state index contributed by atoms with van der Waals surface area (Å²) in [6, 6.07) is 7.74. The summed E-state index contributed by atoms with van der Waals surface area (Å²) in [4.78, 5) is 36.7. The van der Waals surface area contributed by atoms with Crippen molar-refractivity contribution in [2.45, 2.75) is 32.7 Å². The first-order chi connectivity index (χ1) is 15.0. The maximum atomic E-state index is 13.2. The number of aromatic nitrogens is 2. The maximum Gasteiger partial charge on any atom is 0.253 e. The third-order valence-corrected chi connectivity index (χ3v) is 6.58. The van der Waals surface area contributed by atoms with Crippen LogP contribution in [0.5, 0.6) is 0 Å². The van der Waals surface area contributed by atoms with Gasteiger partial charge in [0.05, 0.1) is 6.54 Å². The second kappa shape index (κ2) is 9.64. The van der Waals surface area contributed by atoms with E-state index in [0.29, 0.717) is 19.6 Å². The Morgan fingerprint density at radius 3 is 2.48 bits per heavy atom. The van der Waals surface area contributed by atoms with E-state index in [1.165, 1.54) is 0 Å². The fraction of sp³-hybridized carbons (Fsp3) is 0.542. The average molecular weight is 424 g/mol. The highest BCUT2D eigenvalue weighted by Gasteiger charge is 2.30. The number of benzene rings is 1. The summed E-state index contributed by atoms with van der Waals surface area (Å²) in [5.74, 6) is 1.49. The minimum Gasteiger partial charge on any atom is -0.341 e. The van der Waals surface area contributed by atoms with Crippen LogP contribution in [0.2, 0.25) is 0 Å². The lowest BCUT2D eigenvalue weighted by Gasteiger charge is -2.33. The van der Waals surface area contributed by atoms with Gasteiger partial charge in [0.1, 0.15) is 5.82 Å². The second-order valence-electron chi connectivity index (χ2n) is 8.85. The molecular weight excluding hydrogens is 390 g/mol. The van der Waals surface area contributed by atoms with Gasteiger partial charge in [-0.2, -0.15) is 0 Å². The maximum absolute atomic E-state index is 13.2. The zero-order chi connectivity index (χ0) is 21.8. The number of carbonyl (C=O) groups is 2. The van der Waals surface area contributed by atoms with E-state index in [-0.39, 0.29) is 17.7 Å². The minimum atomic E-state index is 0.0700. The molecule has 2 fully saturated rings. The van der Waals surface area contributed by atoms with Gasteiger partial charge in [0.15, 0.2) is 0 Å². The molecule has 2 saturated heterocycles. The summed E-state index contributed by atoms with van der Waals surface area (Å²) in [5.41, 5.74) is 1.83. The van der Waals surface area contributed by atoms with Gasteiger partial charge in [-0.25, -0.2) is 4.98 Å². The molecule has 0 saturated carbocycles. The van der Waals surface area contributed by atoms with Gasteiger partial charge in [0.2, 0.25) is 5.91 Å². The molecule has 0 bridgehead atoms. The van der Waals surface area contributed by atoms with Crippen molar-refractivity contribution < 1.29 is 9.59 Å². The lowest BCUT2D eigenvalue weighted by Crippen LogP contribution is -2.44. The second-order valence-corrected chi connectivity index (χ2v) is 8.85. The fourth-order valence-electron chi connectivity index (χ4n) is 4.65. The quantitative estimate of drug-likeness (QED) is 0.757. The van der Waals surface area contributed by atoms with Crippen LogP contribution < -0.4 is 0 Å². The molecule has 166 valence electrons. The van der Waals surface area contributed by atoms with Gasteiger partial charge >= 0.3 is 0 Å². The Hall–Kier alpha value is -2.67. The van der Waals surface area contributed by atoms with Crippen LogP contribution in [0, 0.1) is 12.8 Å². The number of carbonyl (C=O) groups excluding carboxylic acids is 2. The van der Waals surface area contributed by atoms with Crippen molar-refractivity contribution in [3.05, 3.63) is 53.6 Å². The van der Waals surface area contributed by atoms with E-state index in [2.05, 4.69) is 14.5 Å². The Labute approximate surface area is 184 Å². The number of imidazole rings is 1. The molecule has 1 aromatic heterocycles. The molecule has 31 heavy (non-hydrogen) atoms. The third-order valence-electron chi connectivity index (χ3n) is 6.58. The number of likely N-dealkylation sites (tertiary alicyclic amines) is 1. The number of amides is 2. The van der Waals surface area contributed by atoms with Crippen molar-refractivity contribution in [1.29, 1.82) is 0 Å². The van der Waals surface area contributed by atoms with E-state index in [4.69, 9.17) is 0 Å². The van der Waals surface area contributed by atoms with Gasteiger partial charge in [0.25, 0.3) is 5.91 Å². The van der Waals surface area contributed by atoms with Crippen LogP contribution in [0.4, 0.5) is 0 Å². The smallest absolute Gasteiger partial charge is 0.253 e. The number of hydrogen-bond acceptors (Lipinski definition) is 4. The summed E-state index contributed by atoms with van der Waals surface area (Å²) in [7, 11) is 2.02. The molecule has 7 heteroatoms. The lowest BCUT2D eigenvalue weighted by atomic mass is 9.95. The molecule has 0 atom stereocenters. The number of nitrogens with zero attached hydrogens (tertiary/aromatic N) is 5. The summed E-state index contributed by atoms with van der Waals surface area (Å²) in [6.07, 6.45) is 6.43. The Bertz CT molecular complexity index is 916. The average Bonchev–Trinajstić information content (AvgIpc) is 3.03. The highest BCUT2D eigenvalue weighted by Crippen LogP contribution is 2.22. The standard InChI is InChI=1S/C24H33N5O2/c1-19-5-3-6-21(17-19)24(31)29-11-4-10-28(15-16-29)23(30)20-7-12-27(13-8-20)18-22-25-9-14-26(22)2/h3,5-6,9,14,17,20H,4,7-8,10-13,15-16,18H2,1-2H3. The minimum absolute atomic E-state index is 0.0700. The van der Waals surface area contributed by atoms with Crippen LogP contribution in [0.15, 0.2) is 36.7 Å². The first-order valence-corrected chi connectivity index (χ1v) is 11.3. The molecule has 7 nitrogen and oxygen atoms in total. The van der Waals surface area contributed by atoms with E-state index < -0.39 is 0 Å². The number of rotatable bonds is 4. The monoisotopic (exact) mass is 423 g/mol. The predicted molar refractivity (Wildman–Crippen MR) is 119 cm³/mol. The van der Waals surface area contributed by atoms with Gasteiger partial charge in [-0.05, 0) is 51.4 Å². The summed E-state index contributed by atoms with van der Waals surface area (Å²) < 4.78 is 2.05.